The number of guanidine groups is 1. The van der Waals surface area contributed by atoms with Gasteiger partial charge in [0.25, 0.3) is 0 Å². The van der Waals surface area contributed by atoms with Crippen molar-refractivity contribution in [2.75, 3.05) is 20.2 Å². The minimum atomic E-state index is 0. The van der Waals surface area contributed by atoms with E-state index < -0.39 is 0 Å². The van der Waals surface area contributed by atoms with Crippen molar-refractivity contribution in [1.29, 1.82) is 0 Å². The minimum Gasteiger partial charge on any atom is -0.497 e. The highest BCUT2D eigenvalue weighted by molar-refractivity contribution is 14.0. The van der Waals surface area contributed by atoms with E-state index in [1.54, 1.807) is 7.11 Å². The van der Waals surface area contributed by atoms with E-state index in [-0.39, 0.29) is 24.0 Å². The van der Waals surface area contributed by atoms with Crippen LogP contribution in [0.25, 0.3) is 0 Å². The number of benzene rings is 1. The van der Waals surface area contributed by atoms with E-state index in [1.165, 1.54) is 5.56 Å². The third-order valence-corrected chi connectivity index (χ3v) is 3.75. The molecule has 0 saturated carbocycles. The normalized spacial score (nSPS) is 11.2. The molecule has 0 fully saturated rings. The van der Waals surface area contributed by atoms with Crippen LogP contribution in [0.15, 0.2) is 39.8 Å². The lowest BCUT2D eigenvalue weighted by Gasteiger charge is -2.11. The van der Waals surface area contributed by atoms with E-state index in [2.05, 4.69) is 40.7 Å². The van der Waals surface area contributed by atoms with Gasteiger partial charge in [0.15, 0.2) is 11.7 Å². The lowest BCUT2D eigenvalue weighted by Crippen LogP contribution is -2.38. The molecule has 0 saturated heterocycles. The van der Waals surface area contributed by atoms with Crippen molar-refractivity contribution in [3.05, 3.63) is 47.3 Å². The molecule has 2 rings (SSSR count). The lowest BCUT2D eigenvalue weighted by molar-refractivity contribution is 0.376. The molecular weight excluding hydrogens is 443 g/mol. The maximum Gasteiger partial charge on any atom is 0.191 e. The maximum atomic E-state index is 5.33. The van der Waals surface area contributed by atoms with Gasteiger partial charge in [-0.2, -0.15) is 0 Å². The van der Waals surface area contributed by atoms with Crippen LogP contribution in [0.4, 0.5) is 0 Å². The summed E-state index contributed by atoms with van der Waals surface area (Å²) < 4.78 is 10.6. The number of nitrogens with one attached hydrogen (secondary N) is 2. The largest absolute Gasteiger partial charge is 0.497 e. The summed E-state index contributed by atoms with van der Waals surface area (Å²) in [5.41, 5.74) is 2.18. The van der Waals surface area contributed by atoms with E-state index in [4.69, 9.17) is 9.26 Å². The molecule has 0 bridgehead atoms. The van der Waals surface area contributed by atoms with Gasteiger partial charge in [-0.1, -0.05) is 31.1 Å². The van der Waals surface area contributed by atoms with Crippen molar-refractivity contribution in [3.63, 3.8) is 0 Å². The summed E-state index contributed by atoms with van der Waals surface area (Å²) in [5, 5.41) is 10.6. The van der Waals surface area contributed by atoms with Crippen molar-refractivity contribution in [1.82, 2.24) is 15.8 Å². The highest BCUT2D eigenvalue weighted by Gasteiger charge is 2.07. The smallest absolute Gasteiger partial charge is 0.191 e. The molecule has 6 nitrogen and oxygen atoms in total. The molecule has 0 aliphatic rings. The van der Waals surface area contributed by atoms with E-state index in [0.717, 1.165) is 42.7 Å². The third kappa shape index (κ3) is 7.23. The van der Waals surface area contributed by atoms with Crippen LogP contribution in [0, 0.1) is 0 Å². The number of hydrogen-bond acceptors (Lipinski definition) is 4. The number of ether oxygens (including phenoxy) is 1. The van der Waals surface area contributed by atoms with Gasteiger partial charge in [-0.05, 0) is 37.0 Å². The van der Waals surface area contributed by atoms with Crippen LogP contribution >= 0.6 is 24.0 Å². The molecule has 1 heterocycles. The standard InChI is InChI=1S/C19H28N4O2.HI/c1-5-20-19(22-13-17-12-18(14(2)3)23-25-17)21-10-9-15-7-6-8-16(11-15)24-4;/h6-8,11-12,14H,5,9-10,13H2,1-4H3,(H2,20,21,22);1H. The van der Waals surface area contributed by atoms with Crippen molar-refractivity contribution in [3.8, 4) is 5.75 Å². The summed E-state index contributed by atoms with van der Waals surface area (Å²) in [6.45, 7) is 8.29. The first kappa shape index (κ1) is 22.3. The van der Waals surface area contributed by atoms with Gasteiger partial charge >= 0.3 is 0 Å². The number of aliphatic imine (C=N–C) groups is 1. The fourth-order valence-corrected chi connectivity index (χ4v) is 2.33. The summed E-state index contributed by atoms with van der Waals surface area (Å²) >= 11 is 0. The van der Waals surface area contributed by atoms with Crippen molar-refractivity contribution >= 4 is 29.9 Å². The van der Waals surface area contributed by atoms with Gasteiger partial charge in [-0.15, -0.1) is 24.0 Å². The molecule has 144 valence electrons. The van der Waals surface area contributed by atoms with Gasteiger partial charge in [0.05, 0.1) is 12.8 Å². The summed E-state index contributed by atoms with van der Waals surface area (Å²) in [4.78, 5) is 4.56. The molecule has 0 spiro atoms. The second kappa shape index (κ2) is 11.8. The molecule has 0 radical (unpaired) electrons. The average molecular weight is 472 g/mol. The number of rotatable bonds is 8. The number of methoxy groups -OCH3 is 1. The summed E-state index contributed by atoms with van der Waals surface area (Å²) in [5.74, 6) is 2.78. The molecule has 0 unspecified atom stereocenters. The Kier molecular flexibility index (Phi) is 10.1. The van der Waals surface area contributed by atoms with Gasteiger partial charge in [0, 0.05) is 19.2 Å². The van der Waals surface area contributed by atoms with Gasteiger partial charge < -0.3 is 19.9 Å². The van der Waals surface area contributed by atoms with E-state index in [9.17, 15) is 0 Å². The Morgan fingerprint density at radius 2 is 2.08 bits per heavy atom. The zero-order valence-electron chi connectivity index (χ0n) is 15.9. The van der Waals surface area contributed by atoms with Crippen molar-refractivity contribution in [2.45, 2.75) is 39.7 Å². The second-order valence-electron chi connectivity index (χ2n) is 6.10. The highest BCUT2D eigenvalue weighted by atomic mass is 127. The first-order valence-corrected chi connectivity index (χ1v) is 8.73. The number of aromatic nitrogens is 1. The summed E-state index contributed by atoms with van der Waals surface area (Å²) in [7, 11) is 1.68. The molecule has 1 aromatic heterocycles. The molecule has 2 aromatic rings. The van der Waals surface area contributed by atoms with Crippen LogP contribution in [-0.2, 0) is 13.0 Å². The fraction of sp³-hybridized carbons (Fsp3) is 0.474. The number of halogens is 1. The Hall–Kier alpha value is -1.77. The number of nitrogens with zero attached hydrogens (tertiary/aromatic N) is 2. The van der Waals surface area contributed by atoms with E-state index in [1.807, 2.05) is 31.2 Å². The van der Waals surface area contributed by atoms with Crippen LogP contribution < -0.4 is 15.4 Å². The van der Waals surface area contributed by atoms with Gasteiger partial charge in [0.2, 0.25) is 0 Å². The third-order valence-electron chi connectivity index (χ3n) is 3.75. The topological polar surface area (TPSA) is 71.7 Å². The van der Waals surface area contributed by atoms with Crippen LogP contribution in [0.3, 0.4) is 0 Å². The van der Waals surface area contributed by atoms with Crippen LogP contribution in [0.5, 0.6) is 5.75 Å². The lowest BCUT2D eigenvalue weighted by atomic mass is 10.1. The summed E-state index contributed by atoms with van der Waals surface area (Å²) in [6.07, 6.45) is 0.890. The second-order valence-corrected chi connectivity index (χ2v) is 6.10. The Morgan fingerprint density at radius 1 is 1.27 bits per heavy atom. The molecule has 2 N–H and O–H groups in total. The van der Waals surface area contributed by atoms with Crippen LogP contribution in [0.2, 0.25) is 0 Å². The monoisotopic (exact) mass is 472 g/mol. The minimum absolute atomic E-state index is 0. The molecule has 0 amide bonds. The van der Waals surface area contributed by atoms with Crippen LogP contribution in [0.1, 0.15) is 43.7 Å². The Labute approximate surface area is 172 Å². The predicted octanol–water partition coefficient (Wildman–Crippen LogP) is 3.72. The Balaban J connectivity index is 0.00000338. The summed E-state index contributed by atoms with van der Waals surface area (Å²) in [6, 6.07) is 10.1. The van der Waals surface area contributed by atoms with Gasteiger partial charge in [-0.25, -0.2) is 4.99 Å². The first-order chi connectivity index (χ1) is 12.1. The zero-order valence-corrected chi connectivity index (χ0v) is 18.2. The van der Waals surface area contributed by atoms with Crippen molar-refractivity contribution < 1.29 is 9.26 Å². The molecule has 0 aliphatic heterocycles. The molecule has 0 aliphatic carbocycles. The highest BCUT2D eigenvalue weighted by Crippen LogP contribution is 2.14. The Morgan fingerprint density at radius 3 is 2.73 bits per heavy atom. The SMILES string of the molecule is CCNC(=NCc1cc(C(C)C)no1)NCCc1cccc(OC)c1.I. The van der Waals surface area contributed by atoms with E-state index in [0.29, 0.717) is 12.5 Å². The van der Waals surface area contributed by atoms with E-state index >= 15 is 0 Å². The quantitative estimate of drug-likeness (QED) is 0.348. The van der Waals surface area contributed by atoms with Gasteiger partial charge in [0.1, 0.15) is 12.3 Å². The zero-order chi connectivity index (χ0) is 18.1. The predicted molar refractivity (Wildman–Crippen MR) is 116 cm³/mol. The molecular formula is C19H29IN4O2. The number of hydrogen-bond donors (Lipinski definition) is 2. The average Bonchev–Trinajstić information content (AvgIpc) is 3.09. The van der Waals surface area contributed by atoms with Crippen molar-refractivity contribution in [2.24, 2.45) is 4.99 Å². The first-order valence-electron chi connectivity index (χ1n) is 8.73. The molecule has 0 atom stereocenters. The Bertz CT molecular complexity index is 686. The molecule has 7 heteroatoms. The molecule has 26 heavy (non-hydrogen) atoms. The van der Waals surface area contributed by atoms with Crippen LogP contribution in [-0.4, -0.2) is 31.3 Å². The van der Waals surface area contributed by atoms with Gasteiger partial charge in [-0.3, -0.25) is 0 Å². The molecule has 1 aromatic carbocycles. The maximum absolute atomic E-state index is 5.33. The fourth-order valence-electron chi connectivity index (χ4n) is 2.33.